The Morgan fingerprint density at radius 1 is 1.28 bits per heavy atom. The Bertz CT molecular complexity index is 1100. The Morgan fingerprint density at radius 2 is 2.06 bits per heavy atom. The number of rotatable bonds is 8. The number of aliphatic hydroxyl groups is 1. The Hall–Kier alpha value is -3.04. The summed E-state index contributed by atoms with van der Waals surface area (Å²) >= 11 is 0. The third-order valence-electron chi connectivity index (χ3n) is 6.10. The molecule has 170 valence electrons. The van der Waals surface area contributed by atoms with E-state index in [2.05, 4.69) is 29.0 Å². The van der Waals surface area contributed by atoms with Crippen molar-refractivity contribution in [3.63, 3.8) is 0 Å². The van der Waals surface area contributed by atoms with Gasteiger partial charge in [0.05, 0.1) is 53.7 Å². The highest BCUT2D eigenvalue weighted by atomic mass is 16.5. The summed E-state index contributed by atoms with van der Waals surface area (Å²) in [5.74, 6) is 0. The van der Waals surface area contributed by atoms with Gasteiger partial charge in [-0.25, -0.2) is 9.50 Å². The predicted molar refractivity (Wildman–Crippen MR) is 124 cm³/mol. The minimum atomic E-state index is -0.831. The van der Waals surface area contributed by atoms with Crippen LogP contribution in [0.15, 0.2) is 42.0 Å². The van der Waals surface area contributed by atoms with Gasteiger partial charge in [-0.15, -0.1) is 0 Å². The van der Waals surface area contributed by atoms with Crippen molar-refractivity contribution in [2.24, 2.45) is 10.7 Å². The molecule has 3 N–H and O–H groups in total. The summed E-state index contributed by atoms with van der Waals surface area (Å²) in [6.45, 7) is 5.73. The van der Waals surface area contributed by atoms with E-state index in [9.17, 15) is 5.11 Å². The van der Waals surface area contributed by atoms with Gasteiger partial charge < -0.3 is 15.6 Å². The minimum absolute atomic E-state index is 0.298. The summed E-state index contributed by atoms with van der Waals surface area (Å²) in [6, 6.07) is 2.29. The van der Waals surface area contributed by atoms with E-state index in [1.54, 1.807) is 16.9 Å². The normalized spacial score (nSPS) is 17.1. The second-order valence-electron chi connectivity index (χ2n) is 8.24. The van der Waals surface area contributed by atoms with Crippen LogP contribution in [0.1, 0.15) is 51.3 Å². The second-order valence-corrected chi connectivity index (χ2v) is 8.24. The highest BCUT2D eigenvalue weighted by Gasteiger charge is 2.29. The molecular formula is C23H31N7O2. The van der Waals surface area contributed by atoms with Gasteiger partial charge in [0.2, 0.25) is 0 Å². The molecule has 9 nitrogen and oxygen atoms in total. The van der Waals surface area contributed by atoms with Crippen LogP contribution in [-0.4, -0.2) is 61.1 Å². The molecule has 0 atom stereocenters. The van der Waals surface area contributed by atoms with E-state index >= 15 is 0 Å². The van der Waals surface area contributed by atoms with Crippen LogP contribution >= 0.6 is 0 Å². The van der Waals surface area contributed by atoms with Gasteiger partial charge in [0, 0.05) is 55.8 Å². The van der Waals surface area contributed by atoms with E-state index in [1.807, 2.05) is 29.3 Å². The Kier molecular flexibility index (Phi) is 6.66. The van der Waals surface area contributed by atoms with Crippen LogP contribution in [0.3, 0.4) is 0 Å². The standard InChI is InChI=1S/C23H31N7O2/c1-3-19(4-2)29-14-18(13-27-29)22-21-5-8-26-30(21)15-20(28-22)17(11-24)12-25-16-23(31)6-9-32-10-7-23/h5,8,11-15,19,31H,3-4,6-7,9-10,16,24H2,1-2H3. The van der Waals surface area contributed by atoms with Crippen LogP contribution in [0, 0.1) is 0 Å². The third kappa shape index (κ3) is 4.58. The van der Waals surface area contributed by atoms with Gasteiger partial charge in [-0.1, -0.05) is 13.8 Å². The fraction of sp³-hybridized carbons (Fsp3) is 0.478. The number of hydrogen-bond acceptors (Lipinski definition) is 7. The molecular weight excluding hydrogens is 406 g/mol. The number of aromatic nitrogens is 5. The highest BCUT2D eigenvalue weighted by molar-refractivity contribution is 6.09. The summed E-state index contributed by atoms with van der Waals surface area (Å²) in [5, 5.41) is 19.6. The molecule has 4 rings (SSSR count). The number of allylic oxidation sites excluding steroid dienone is 1. The first-order chi connectivity index (χ1) is 15.6. The number of ether oxygens (including phenoxy) is 1. The van der Waals surface area contributed by atoms with Gasteiger partial charge in [-0.2, -0.15) is 10.2 Å². The van der Waals surface area contributed by atoms with E-state index in [1.165, 1.54) is 6.20 Å². The molecule has 3 aromatic heterocycles. The SMILES string of the molecule is CCC(CC)n1cc(-c2nc(C(C=NCC3(O)CCOCC3)=CN)cn3nccc23)cn1. The molecule has 0 amide bonds. The van der Waals surface area contributed by atoms with Crippen LogP contribution in [0.25, 0.3) is 22.3 Å². The van der Waals surface area contributed by atoms with E-state index in [0.29, 0.717) is 49.9 Å². The molecule has 0 unspecified atom stereocenters. The average Bonchev–Trinajstić information content (AvgIpc) is 3.47. The van der Waals surface area contributed by atoms with Crippen molar-refractivity contribution in [1.29, 1.82) is 0 Å². The van der Waals surface area contributed by atoms with Crippen LogP contribution < -0.4 is 5.73 Å². The van der Waals surface area contributed by atoms with Gasteiger partial charge in [0.1, 0.15) is 0 Å². The summed E-state index contributed by atoms with van der Waals surface area (Å²) < 4.78 is 9.13. The lowest BCUT2D eigenvalue weighted by atomic mass is 9.95. The first-order valence-corrected chi connectivity index (χ1v) is 11.2. The monoisotopic (exact) mass is 437 g/mol. The number of hydrogen-bond donors (Lipinski definition) is 2. The lowest BCUT2D eigenvalue weighted by Crippen LogP contribution is -2.38. The lowest BCUT2D eigenvalue weighted by Gasteiger charge is -2.30. The molecule has 1 aliphatic heterocycles. The summed E-state index contributed by atoms with van der Waals surface area (Å²) in [5.41, 5.74) is 9.00. The molecule has 3 aromatic rings. The number of nitrogens with zero attached hydrogens (tertiary/aromatic N) is 6. The maximum absolute atomic E-state index is 10.6. The number of nitrogens with two attached hydrogens (primary N) is 1. The Balaban J connectivity index is 1.64. The first kappa shape index (κ1) is 22.2. The summed E-state index contributed by atoms with van der Waals surface area (Å²) in [7, 11) is 0. The zero-order valence-corrected chi connectivity index (χ0v) is 18.7. The van der Waals surface area contributed by atoms with Crippen LogP contribution in [0.4, 0.5) is 0 Å². The van der Waals surface area contributed by atoms with Gasteiger partial charge in [-0.3, -0.25) is 9.67 Å². The molecule has 0 bridgehead atoms. The molecule has 0 spiro atoms. The molecule has 0 saturated carbocycles. The Labute approximate surface area is 187 Å². The van der Waals surface area contributed by atoms with E-state index in [4.69, 9.17) is 15.5 Å². The molecule has 0 aliphatic carbocycles. The van der Waals surface area contributed by atoms with E-state index < -0.39 is 5.60 Å². The van der Waals surface area contributed by atoms with Crippen molar-refractivity contribution < 1.29 is 9.84 Å². The van der Waals surface area contributed by atoms with Gasteiger partial charge in [0.25, 0.3) is 0 Å². The summed E-state index contributed by atoms with van der Waals surface area (Å²) in [4.78, 5) is 9.35. The number of fused-ring (bicyclic) bond motifs is 1. The molecule has 0 radical (unpaired) electrons. The van der Waals surface area contributed by atoms with E-state index in [0.717, 1.165) is 29.6 Å². The topological polar surface area (TPSA) is 116 Å². The lowest BCUT2D eigenvalue weighted by molar-refractivity contribution is -0.0564. The van der Waals surface area contributed by atoms with Crippen molar-refractivity contribution in [3.8, 4) is 11.3 Å². The maximum Gasteiger partial charge on any atom is 0.0999 e. The van der Waals surface area contributed by atoms with Crippen molar-refractivity contribution in [3.05, 3.63) is 42.7 Å². The van der Waals surface area contributed by atoms with E-state index in [-0.39, 0.29) is 0 Å². The molecule has 1 saturated heterocycles. The predicted octanol–water partition coefficient (Wildman–Crippen LogP) is 2.87. The zero-order valence-electron chi connectivity index (χ0n) is 18.7. The van der Waals surface area contributed by atoms with Gasteiger partial charge in [0.15, 0.2) is 0 Å². The molecule has 1 fully saturated rings. The van der Waals surface area contributed by atoms with Crippen LogP contribution in [0.2, 0.25) is 0 Å². The van der Waals surface area contributed by atoms with Crippen molar-refractivity contribution >= 4 is 17.3 Å². The molecule has 32 heavy (non-hydrogen) atoms. The van der Waals surface area contributed by atoms with Gasteiger partial charge >= 0.3 is 0 Å². The summed E-state index contributed by atoms with van der Waals surface area (Å²) in [6.07, 6.45) is 13.8. The third-order valence-corrected chi connectivity index (χ3v) is 6.10. The van der Waals surface area contributed by atoms with Crippen molar-refractivity contribution in [2.45, 2.75) is 51.2 Å². The van der Waals surface area contributed by atoms with Crippen molar-refractivity contribution in [2.75, 3.05) is 19.8 Å². The minimum Gasteiger partial charge on any atom is -0.404 e. The Morgan fingerprint density at radius 3 is 2.78 bits per heavy atom. The quantitative estimate of drug-likeness (QED) is 0.524. The highest BCUT2D eigenvalue weighted by Crippen LogP contribution is 2.26. The van der Waals surface area contributed by atoms with Crippen LogP contribution in [0.5, 0.6) is 0 Å². The number of aliphatic imine (C=N–C) groups is 1. The van der Waals surface area contributed by atoms with Crippen molar-refractivity contribution in [1.82, 2.24) is 24.4 Å². The molecule has 0 aromatic carbocycles. The maximum atomic E-state index is 10.6. The molecule has 4 heterocycles. The second kappa shape index (κ2) is 9.62. The smallest absolute Gasteiger partial charge is 0.0999 e. The largest absolute Gasteiger partial charge is 0.404 e. The van der Waals surface area contributed by atoms with Gasteiger partial charge in [-0.05, 0) is 18.9 Å². The van der Waals surface area contributed by atoms with Crippen LogP contribution in [-0.2, 0) is 4.74 Å². The zero-order chi connectivity index (χ0) is 22.6. The first-order valence-electron chi connectivity index (χ1n) is 11.2. The molecule has 1 aliphatic rings. The fourth-order valence-corrected chi connectivity index (χ4v) is 4.02. The molecule has 9 heteroatoms. The fourth-order valence-electron chi connectivity index (χ4n) is 4.02. The average molecular weight is 438 g/mol.